The molecule has 0 bridgehead atoms. The van der Waals surface area contributed by atoms with Crippen LogP contribution in [0.2, 0.25) is 0 Å². The lowest BCUT2D eigenvalue weighted by atomic mass is 10.1. The number of piperazine rings is 1. The Labute approximate surface area is 135 Å². The van der Waals surface area contributed by atoms with Gasteiger partial charge in [0.2, 0.25) is 5.91 Å². The molecular formula is C15H25N5O3. The molecule has 3 N–H and O–H groups in total. The minimum atomic E-state index is -0.226. The quantitative estimate of drug-likeness (QED) is 0.639. The summed E-state index contributed by atoms with van der Waals surface area (Å²) in [5.41, 5.74) is 0.983. The lowest BCUT2D eigenvalue weighted by molar-refractivity contribution is -0.121. The molecule has 2 aliphatic heterocycles. The number of nitrogens with one attached hydrogen (secondary N) is 3. The van der Waals surface area contributed by atoms with Crippen LogP contribution in [0.25, 0.3) is 0 Å². The Kier molecular flexibility index (Phi) is 4.84. The highest BCUT2D eigenvalue weighted by atomic mass is 16.5. The summed E-state index contributed by atoms with van der Waals surface area (Å²) in [5.74, 6) is -0.132. The second-order valence-electron chi connectivity index (χ2n) is 6.48. The fourth-order valence-corrected chi connectivity index (χ4v) is 3.30. The first-order valence-corrected chi connectivity index (χ1v) is 8.10. The normalized spacial score (nSPS) is 26.5. The van der Waals surface area contributed by atoms with Gasteiger partial charge in [0, 0.05) is 37.4 Å². The molecule has 0 saturated carbocycles. The number of H-pyrrole nitrogens is 2. The number of hydrogen-bond acceptors (Lipinski definition) is 5. The number of nitrogens with zero attached hydrogens (tertiary/aromatic N) is 2. The molecule has 2 aliphatic rings. The van der Waals surface area contributed by atoms with E-state index in [4.69, 9.17) is 4.74 Å². The Bertz CT molecular complexity index is 602. The summed E-state index contributed by atoms with van der Waals surface area (Å²) in [4.78, 5) is 28.6. The van der Waals surface area contributed by atoms with Crippen LogP contribution >= 0.6 is 0 Å². The standard InChI is InChI=1S/C15H25N5O3/c1-10-11(15(22)18-17-10)7-14(21)16-12-8-23-9-13(12)20-5-3-19(2)4-6-20/h12-13H,3-9H2,1-2H3,(H,16,21)(H2,17,18,22)/t12-,13-/m0/s1. The zero-order valence-corrected chi connectivity index (χ0v) is 13.7. The molecule has 0 spiro atoms. The maximum Gasteiger partial charge on any atom is 0.267 e. The third-order valence-corrected chi connectivity index (χ3v) is 4.83. The van der Waals surface area contributed by atoms with E-state index in [1.165, 1.54) is 0 Å². The second kappa shape index (κ2) is 6.86. The molecule has 23 heavy (non-hydrogen) atoms. The number of likely N-dealkylation sites (N-methyl/N-ethyl adjacent to an activating group) is 1. The van der Waals surface area contributed by atoms with E-state index >= 15 is 0 Å². The SMILES string of the molecule is Cc1[nH][nH]c(=O)c1CC(=O)N[C@H]1COC[C@@H]1N1CCN(C)CC1. The van der Waals surface area contributed by atoms with E-state index in [0.717, 1.165) is 26.2 Å². The van der Waals surface area contributed by atoms with Gasteiger partial charge in [-0.05, 0) is 14.0 Å². The number of carbonyl (C=O) groups excluding carboxylic acids is 1. The molecule has 128 valence electrons. The number of carbonyl (C=O) groups is 1. The molecule has 0 aliphatic carbocycles. The first-order valence-electron chi connectivity index (χ1n) is 8.10. The van der Waals surface area contributed by atoms with Gasteiger partial charge in [0.25, 0.3) is 5.56 Å². The number of aryl methyl sites for hydroxylation is 1. The van der Waals surface area contributed by atoms with E-state index in [2.05, 4.69) is 32.4 Å². The van der Waals surface area contributed by atoms with Gasteiger partial charge in [0.15, 0.2) is 0 Å². The predicted octanol–water partition coefficient (Wildman–Crippen LogP) is -1.32. The minimum Gasteiger partial charge on any atom is -0.378 e. The highest BCUT2D eigenvalue weighted by Gasteiger charge is 2.35. The Balaban J connectivity index is 1.58. The molecule has 1 aromatic rings. The molecule has 2 fully saturated rings. The number of aromatic nitrogens is 2. The number of aromatic amines is 2. The fourth-order valence-electron chi connectivity index (χ4n) is 3.30. The maximum absolute atomic E-state index is 12.3. The second-order valence-corrected chi connectivity index (χ2v) is 6.48. The average Bonchev–Trinajstić information content (AvgIpc) is 3.10. The highest BCUT2D eigenvalue weighted by molar-refractivity contribution is 5.79. The Hall–Kier alpha value is -1.64. The van der Waals surface area contributed by atoms with Crippen LogP contribution in [-0.4, -0.2) is 84.4 Å². The molecular weight excluding hydrogens is 298 g/mol. The van der Waals surface area contributed by atoms with Gasteiger partial charge in [-0.25, -0.2) is 0 Å². The van der Waals surface area contributed by atoms with Crippen molar-refractivity contribution in [2.45, 2.75) is 25.4 Å². The van der Waals surface area contributed by atoms with Gasteiger partial charge in [0.05, 0.1) is 31.7 Å². The summed E-state index contributed by atoms with van der Waals surface area (Å²) >= 11 is 0. The van der Waals surface area contributed by atoms with Gasteiger partial charge in [0.1, 0.15) is 0 Å². The van der Waals surface area contributed by atoms with Crippen molar-refractivity contribution in [3.63, 3.8) is 0 Å². The van der Waals surface area contributed by atoms with Crippen LogP contribution in [-0.2, 0) is 16.0 Å². The van der Waals surface area contributed by atoms with E-state index in [-0.39, 0.29) is 30.0 Å². The van der Waals surface area contributed by atoms with Gasteiger partial charge >= 0.3 is 0 Å². The summed E-state index contributed by atoms with van der Waals surface area (Å²) in [6, 6.07) is 0.211. The summed E-state index contributed by atoms with van der Waals surface area (Å²) in [6.07, 6.45) is 0.0939. The topological polar surface area (TPSA) is 93.5 Å². The molecule has 2 saturated heterocycles. The van der Waals surface area contributed by atoms with Crippen LogP contribution < -0.4 is 10.9 Å². The zero-order valence-electron chi connectivity index (χ0n) is 13.7. The summed E-state index contributed by atoms with van der Waals surface area (Å²) in [5, 5.41) is 8.29. The lowest BCUT2D eigenvalue weighted by Crippen LogP contribution is -2.56. The van der Waals surface area contributed by atoms with Crippen molar-refractivity contribution in [3.05, 3.63) is 21.6 Å². The van der Waals surface area contributed by atoms with Gasteiger partial charge in [-0.3, -0.25) is 19.6 Å². The van der Waals surface area contributed by atoms with Crippen LogP contribution in [0.5, 0.6) is 0 Å². The fraction of sp³-hybridized carbons (Fsp3) is 0.733. The van der Waals surface area contributed by atoms with E-state index < -0.39 is 0 Å². The van der Waals surface area contributed by atoms with Crippen molar-refractivity contribution < 1.29 is 9.53 Å². The predicted molar refractivity (Wildman–Crippen MR) is 85.5 cm³/mol. The molecule has 0 aromatic carbocycles. The van der Waals surface area contributed by atoms with Crippen molar-refractivity contribution in [2.75, 3.05) is 46.4 Å². The van der Waals surface area contributed by atoms with Crippen molar-refractivity contribution >= 4 is 5.91 Å². The Morgan fingerprint density at radius 2 is 2.00 bits per heavy atom. The number of ether oxygens (including phenoxy) is 1. The summed E-state index contributed by atoms with van der Waals surface area (Å²) < 4.78 is 5.59. The van der Waals surface area contributed by atoms with E-state index in [1.54, 1.807) is 6.92 Å². The van der Waals surface area contributed by atoms with E-state index in [9.17, 15) is 9.59 Å². The van der Waals surface area contributed by atoms with E-state index in [1.807, 2.05) is 0 Å². The summed E-state index contributed by atoms with van der Waals surface area (Å²) in [7, 11) is 2.12. The number of amides is 1. The van der Waals surface area contributed by atoms with Gasteiger partial charge in [-0.2, -0.15) is 0 Å². The monoisotopic (exact) mass is 323 g/mol. The van der Waals surface area contributed by atoms with Crippen molar-refractivity contribution in [2.24, 2.45) is 0 Å². The number of hydrogen-bond donors (Lipinski definition) is 3. The first kappa shape index (κ1) is 16.2. The molecule has 8 nitrogen and oxygen atoms in total. The minimum absolute atomic E-state index is 0.00997. The Morgan fingerprint density at radius 3 is 2.65 bits per heavy atom. The van der Waals surface area contributed by atoms with Crippen molar-refractivity contribution in [1.29, 1.82) is 0 Å². The van der Waals surface area contributed by atoms with Crippen LogP contribution in [0, 0.1) is 6.92 Å². The molecule has 3 heterocycles. The van der Waals surface area contributed by atoms with Gasteiger partial charge in [-0.15, -0.1) is 0 Å². The van der Waals surface area contributed by atoms with Crippen molar-refractivity contribution in [1.82, 2.24) is 25.3 Å². The lowest BCUT2D eigenvalue weighted by Gasteiger charge is -2.38. The zero-order chi connectivity index (χ0) is 16.4. The largest absolute Gasteiger partial charge is 0.378 e. The number of rotatable bonds is 4. The van der Waals surface area contributed by atoms with Gasteiger partial charge in [-0.1, -0.05) is 0 Å². The molecule has 0 radical (unpaired) electrons. The molecule has 1 amide bonds. The van der Waals surface area contributed by atoms with Crippen molar-refractivity contribution in [3.8, 4) is 0 Å². The van der Waals surface area contributed by atoms with Crippen LogP contribution in [0.4, 0.5) is 0 Å². The van der Waals surface area contributed by atoms with Crippen LogP contribution in [0.15, 0.2) is 4.79 Å². The average molecular weight is 323 g/mol. The molecule has 1 aromatic heterocycles. The van der Waals surface area contributed by atoms with Crippen LogP contribution in [0.3, 0.4) is 0 Å². The summed E-state index contributed by atoms with van der Waals surface area (Å²) in [6.45, 7) is 7.03. The smallest absolute Gasteiger partial charge is 0.267 e. The van der Waals surface area contributed by atoms with Crippen LogP contribution in [0.1, 0.15) is 11.3 Å². The highest BCUT2D eigenvalue weighted by Crippen LogP contribution is 2.15. The molecule has 3 rings (SSSR count). The first-order chi connectivity index (χ1) is 11.0. The maximum atomic E-state index is 12.3. The molecule has 8 heteroatoms. The van der Waals surface area contributed by atoms with Gasteiger partial charge < -0.3 is 20.1 Å². The third kappa shape index (κ3) is 3.65. The third-order valence-electron chi connectivity index (χ3n) is 4.83. The van der Waals surface area contributed by atoms with E-state index in [0.29, 0.717) is 24.5 Å². The molecule has 0 unspecified atom stereocenters. The Morgan fingerprint density at radius 1 is 1.26 bits per heavy atom. The molecule has 2 atom stereocenters.